The van der Waals surface area contributed by atoms with E-state index in [2.05, 4.69) is 30.8 Å². The smallest absolute Gasteiger partial charge is 0.0226 e. The van der Waals surface area contributed by atoms with Crippen LogP contribution in [0.15, 0.2) is 0 Å². The predicted molar refractivity (Wildman–Crippen MR) is 77.6 cm³/mol. The molecule has 1 heterocycles. The highest BCUT2D eigenvalue weighted by atomic mass is 15.2. The Bertz CT molecular complexity index is 254. The SMILES string of the molecule is CC1CCC(CN)C(N2CCCC2CN(C)C)C1. The van der Waals surface area contributed by atoms with Crippen molar-refractivity contribution < 1.29 is 0 Å². The van der Waals surface area contributed by atoms with Crippen molar-refractivity contribution in [1.82, 2.24) is 9.80 Å². The third-order valence-electron chi connectivity index (χ3n) is 4.95. The molecule has 0 spiro atoms. The van der Waals surface area contributed by atoms with Crippen LogP contribution in [-0.4, -0.2) is 55.6 Å². The van der Waals surface area contributed by atoms with E-state index in [4.69, 9.17) is 5.73 Å². The van der Waals surface area contributed by atoms with Gasteiger partial charge >= 0.3 is 0 Å². The zero-order valence-electron chi connectivity index (χ0n) is 12.4. The molecule has 2 rings (SSSR count). The third-order valence-corrected chi connectivity index (χ3v) is 4.95. The van der Waals surface area contributed by atoms with Crippen LogP contribution in [0.2, 0.25) is 0 Å². The molecule has 1 saturated carbocycles. The molecule has 4 unspecified atom stereocenters. The van der Waals surface area contributed by atoms with E-state index in [1.54, 1.807) is 0 Å². The average Bonchev–Trinajstić information content (AvgIpc) is 2.76. The molecule has 18 heavy (non-hydrogen) atoms. The maximum absolute atomic E-state index is 6.02. The van der Waals surface area contributed by atoms with Gasteiger partial charge in [-0.1, -0.05) is 13.3 Å². The molecular weight excluding hydrogens is 222 g/mol. The fraction of sp³-hybridized carbons (Fsp3) is 1.00. The molecule has 0 bridgehead atoms. The van der Waals surface area contributed by atoms with Crippen molar-refractivity contribution in [2.24, 2.45) is 17.6 Å². The van der Waals surface area contributed by atoms with E-state index < -0.39 is 0 Å². The van der Waals surface area contributed by atoms with Gasteiger partial charge in [-0.3, -0.25) is 4.90 Å². The Balaban J connectivity index is 2.02. The predicted octanol–water partition coefficient (Wildman–Crippen LogP) is 1.78. The van der Waals surface area contributed by atoms with Crippen LogP contribution in [0.3, 0.4) is 0 Å². The molecule has 2 aliphatic rings. The normalized spacial score (nSPS) is 38.5. The summed E-state index contributed by atoms with van der Waals surface area (Å²) in [6.07, 6.45) is 6.84. The number of rotatable bonds is 4. The van der Waals surface area contributed by atoms with Crippen LogP contribution in [0.25, 0.3) is 0 Å². The minimum atomic E-state index is 0.740. The van der Waals surface area contributed by atoms with Crippen LogP contribution >= 0.6 is 0 Å². The Morgan fingerprint density at radius 2 is 2.00 bits per heavy atom. The summed E-state index contributed by atoms with van der Waals surface area (Å²) in [5.41, 5.74) is 6.02. The second kappa shape index (κ2) is 6.36. The van der Waals surface area contributed by atoms with E-state index in [1.165, 1.54) is 45.2 Å². The molecule has 2 N–H and O–H groups in total. The Kier molecular flexibility index (Phi) is 5.05. The highest BCUT2D eigenvalue weighted by molar-refractivity contribution is 4.92. The van der Waals surface area contributed by atoms with E-state index in [0.29, 0.717) is 0 Å². The zero-order chi connectivity index (χ0) is 13.1. The fourth-order valence-corrected chi connectivity index (χ4v) is 4.01. The first-order valence-corrected chi connectivity index (χ1v) is 7.72. The van der Waals surface area contributed by atoms with Gasteiger partial charge in [0.15, 0.2) is 0 Å². The number of likely N-dealkylation sites (tertiary alicyclic amines) is 1. The van der Waals surface area contributed by atoms with Gasteiger partial charge in [-0.15, -0.1) is 0 Å². The summed E-state index contributed by atoms with van der Waals surface area (Å²) in [4.78, 5) is 5.14. The molecule has 1 saturated heterocycles. The number of likely N-dealkylation sites (N-methyl/N-ethyl adjacent to an activating group) is 1. The first kappa shape index (κ1) is 14.3. The standard InChI is InChI=1S/C15H31N3/c1-12-6-7-13(10-16)15(9-12)18-8-4-5-14(18)11-17(2)3/h12-15H,4-11,16H2,1-3H3. The molecule has 0 radical (unpaired) electrons. The van der Waals surface area contributed by atoms with E-state index in [1.807, 2.05) is 0 Å². The number of nitrogens with two attached hydrogens (primary N) is 1. The molecule has 0 aromatic heterocycles. The largest absolute Gasteiger partial charge is 0.330 e. The van der Waals surface area contributed by atoms with Crippen LogP contribution < -0.4 is 5.73 Å². The van der Waals surface area contributed by atoms with Gasteiger partial charge < -0.3 is 10.6 Å². The second-order valence-electron chi connectivity index (χ2n) is 6.78. The molecule has 0 aromatic rings. The maximum atomic E-state index is 6.02. The molecule has 0 aromatic carbocycles. The summed E-state index contributed by atoms with van der Waals surface area (Å²) in [5, 5.41) is 0. The van der Waals surface area contributed by atoms with Crippen molar-refractivity contribution in [2.45, 2.75) is 51.1 Å². The van der Waals surface area contributed by atoms with E-state index in [0.717, 1.165) is 30.5 Å². The van der Waals surface area contributed by atoms with Crippen LogP contribution in [0.1, 0.15) is 39.0 Å². The summed E-state index contributed by atoms with van der Waals surface area (Å²) >= 11 is 0. The summed E-state index contributed by atoms with van der Waals surface area (Å²) < 4.78 is 0. The highest BCUT2D eigenvalue weighted by Crippen LogP contribution is 2.35. The van der Waals surface area contributed by atoms with Gasteiger partial charge in [0.1, 0.15) is 0 Å². The number of hydrogen-bond acceptors (Lipinski definition) is 3. The minimum Gasteiger partial charge on any atom is -0.330 e. The van der Waals surface area contributed by atoms with Crippen LogP contribution in [0.5, 0.6) is 0 Å². The van der Waals surface area contributed by atoms with Crippen molar-refractivity contribution in [2.75, 3.05) is 33.7 Å². The van der Waals surface area contributed by atoms with Crippen LogP contribution in [0, 0.1) is 11.8 Å². The molecule has 0 amide bonds. The lowest BCUT2D eigenvalue weighted by atomic mass is 9.78. The quantitative estimate of drug-likeness (QED) is 0.829. The molecule has 4 atom stereocenters. The molecule has 106 valence electrons. The molecular formula is C15H31N3. The van der Waals surface area contributed by atoms with Crippen molar-refractivity contribution in [1.29, 1.82) is 0 Å². The third kappa shape index (κ3) is 3.25. The van der Waals surface area contributed by atoms with Crippen molar-refractivity contribution in [3.8, 4) is 0 Å². The Hall–Kier alpha value is -0.120. The Labute approximate surface area is 113 Å². The summed E-state index contributed by atoms with van der Waals surface area (Å²) in [5.74, 6) is 1.63. The van der Waals surface area contributed by atoms with Crippen LogP contribution in [0.4, 0.5) is 0 Å². The molecule has 2 fully saturated rings. The Morgan fingerprint density at radius 3 is 2.67 bits per heavy atom. The Morgan fingerprint density at radius 1 is 1.22 bits per heavy atom. The topological polar surface area (TPSA) is 32.5 Å². The van der Waals surface area contributed by atoms with Gasteiger partial charge in [0.2, 0.25) is 0 Å². The van der Waals surface area contributed by atoms with Gasteiger partial charge in [-0.2, -0.15) is 0 Å². The highest BCUT2D eigenvalue weighted by Gasteiger charge is 2.37. The summed E-state index contributed by atoms with van der Waals surface area (Å²) in [6.45, 7) is 5.80. The molecule has 1 aliphatic carbocycles. The van der Waals surface area contributed by atoms with Crippen molar-refractivity contribution >= 4 is 0 Å². The van der Waals surface area contributed by atoms with Crippen molar-refractivity contribution in [3.63, 3.8) is 0 Å². The van der Waals surface area contributed by atoms with Gasteiger partial charge in [-0.25, -0.2) is 0 Å². The van der Waals surface area contributed by atoms with Gasteiger partial charge in [0, 0.05) is 18.6 Å². The first-order chi connectivity index (χ1) is 8.61. The summed E-state index contributed by atoms with van der Waals surface area (Å²) in [6, 6.07) is 1.52. The molecule has 3 nitrogen and oxygen atoms in total. The molecule has 3 heteroatoms. The van der Waals surface area contributed by atoms with E-state index in [9.17, 15) is 0 Å². The average molecular weight is 253 g/mol. The first-order valence-electron chi connectivity index (χ1n) is 7.72. The second-order valence-corrected chi connectivity index (χ2v) is 6.78. The van der Waals surface area contributed by atoms with Gasteiger partial charge in [0.05, 0.1) is 0 Å². The lowest BCUT2D eigenvalue weighted by Gasteiger charge is -2.43. The van der Waals surface area contributed by atoms with Crippen LogP contribution in [-0.2, 0) is 0 Å². The van der Waals surface area contributed by atoms with E-state index in [-0.39, 0.29) is 0 Å². The molecule has 1 aliphatic heterocycles. The minimum absolute atomic E-state index is 0.740. The van der Waals surface area contributed by atoms with Gasteiger partial charge in [0.25, 0.3) is 0 Å². The summed E-state index contributed by atoms with van der Waals surface area (Å²) in [7, 11) is 4.39. The lowest BCUT2D eigenvalue weighted by molar-refractivity contribution is 0.0661. The maximum Gasteiger partial charge on any atom is 0.0226 e. The van der Waals surface area contributed by atoms with Crippen molar-refractivity contribution in [3.05, 3.63) is 0 Å². The number of nitrogens with zero attached hydrogens (tertiary/aromatic N) is 2. The monoisotopic (exact) mass is 253 g/mol. The lowest BCUT2D eigenvalue weighted by Crippen LogP contribution is -2.50. The zero-order valence-corrected chi connectivity index (χ0v) is 12.4. The fourth-order valence-electron chi connectivity index (χ4n) is 4.01. The number of hydrogen-bond donors (Lipinski definition) is 1. The van der Waals surface area contributed by atoms with Gasteiger partial charge in [-0.05, 0) is 64.7 Å². The van der Waals surface area contributed by atoms with E-state index >= 15 is 0 Å².